The normalized spacial score (nSPS) is 11.7. The van der Waals surface area contributed by atoms with Crippen molar-refractivity contribution in [2.45, 2.75) is 39.7 Å². The average molecular weight is 305 g/mol. The van der Waals surface area contributed by atoms with Crippen LogP contribution in [0.25, 0.3) is 0 Å². The molecule has 0 fully saturated rings. The zero-order chi connectivity index (χ0) is 16.0. The largest absolute Gasteiger partial charge is 0.356 e. The summed E-state index contributed by atoms with van der Waals surface area (Å²) in [5.41, 5.74) is 1.02. The number of nitrogens with zero attached hydrogens (tertiary/aromatic N) is 3. The number of guanidine groups is 1. The lowest BCUT2D eigenvalue weighted by molar-refractivity contribution is 0.271. The molecule has 5 nitrogen and oxygen atoms in total. The summed E-state index contributed by atoms with van der Waals surface area (Å²) in [6.07, 6.45) is 5.38. The second-order valence-corrected chi connectivity index (χ2v) is 5.37. The van der Waals surface area contributed by atoms with E-state index in [0.29, 0.717) is 6.54 Å². The highest BCUT2D eigenvalue weighted by atomic mass is 15.2. The number of hydrogen-bond donors (Lipinski definition) is 2. The second kappa shape index (κ2) is 12.0. The van der Waals surface area contributed by atoms with Crippen LogP contribution in [0.15, 0.2) is 29.4 Å². The standard InChI is InChI=1S/C17H31N5/c1-4-12-22(13-5-2)14-8-11-20-17(18-3)21-15-16-9-6-7-10-19-16/h6-7,9-10H,4-5,8,11-15H2,1-3H3,(H2,18,20,21). The summed E-state index contributed by atoms with van der Waals surface area (Å²) >= 11 is 0. The van der Waals surface area contributed by atoms with Crippen molar-refractivity contribution in [3.8, 4) is 0 Å². The predicted octanol–water partition coefficient (Wildman–Crippen LogP) is 2.26. The highest BCUT2D eigenvalue weighted by Gasteiger charge is 2.03. The second-order valence-electron chi connectivity index (χ2n) is 5.37. The summed E-state index contributed by atoms with van der Waals surface area (Å²) in [6.45, 7) is 9.64. The summed E-state index contributed by atoms with van der Waals surface area (Å²) in [6, 6.07) is 5.93. The Labute approximate surface area is 135 Å². The first-order chi connectivity index (χ1) is 10.8. The van der Waals surface area contributed by atoms with Crippen molar-refractivity contribution in [1.82, 2.24) is 20.5 Å². The van der Waals surface area contributed by atoms with Crippen LogP contribution in [-0.4, -0.2) is 49.1 Å². The summed E-state index contributed by atoms with van der Waals surface area (Å²) in [5, 5.41) is 6.65. The lowest BCUT2D eigenvalue weighted by Gasteiger charge is -2.21. The Hall–Kier alpha value is -1.62. The van der Waals surface area contributed by atoms with E-state index in [4.69, 9.17) is 0 Å². The van der Waals surface area contributed by atoms with Gasteiger partial charge < -0.3 is 15.5 Å². The molecular formula is C17H31N5. The number of nitrogens with one attached hydrogen (secondary N) is 2. The van der Waals surface area contributed by atoms with Crippen LogP contribution in [0.5, 0.6) is 0 Å². The van der Waals surface area contributed by atoms with Gasteiger partial charge in [-0.1, -0.05) is 19.9 Å². The lowest BCUT2D eigenvalue weighted by Crippen LogP contribution is -2.38. The molecule has 0 saturated heterocycles. The molecule has 0 atom stereocenters. The monoisotopic (exact) mass is 305 g/mol. The molecule has 1 heterocycles. The van der Waals surface area contributed by atoms with Gasteiger partial charge in [0.25, 0.3) is 0 Å². The minimum absolute atomic E-state index is 0.693. The van der Waals surface area contributed by atoms with Crippen LogP contribution < -0.4 is 10.6 Å². The number of pyridine rings is 1. The quantitative estimate of drug-likeness (QED) is 0.395. The zero-order valence-electron chi connectivity index (χ0n) is 14.3. The Morgan fingerprint density at radius 2 is 1.91 bits per heavy atom. The van der Waals surface area contributed by atoms with Gasteiger partial charge in [0.15, 0.2) is 5.96 Å². The summed E-state index contributed by atoms with van der Waals surface area (Å²) in [4.78, 5) is 11.1. The van der Waals surface area contributed by atoms with E-state index >= 15 is 0 Å². The molecule has 1 aromatic heterocycles. The van der Waals surface area contributed by atoms with Gasteiger partial charge >= 0.3 is 0 Å². The molecule has 0 aliphatic heterocycles. The Morgan fingerprint density at radius 1 is 1.14 bits per heavy atom. The molecule has 0 unspecified atom stereocenters. The zero-order valence-corrected chi connectivity index (χ0v) is 14.3. The van der Waals surface area contributed by atoms with E-state index in [9.17, 15) is 0 Å². The first kappa shape index (κ1) is 18.4. The van der Waals surface area contributed by atoms with Crippen molar-refractivity contribution in [2.24, 2.45) is 4.99 Å². The summed E-state index contributed by atoms with van der Waals surface area (Å²) < 4.78 is 0. The smallest absolute Gasteiger partial charge is 0.191 e. The lowest BCUT2D eigenvalue weighted by atomic mass is 10.3. The average Bonchev–Trinajstić information content (AvgIpc) is 2.55. The van der Waals surface area contributed by atoms with Crippen LogP contribution in [-0.2, 0) is 6.54 Å². The van der Waals surface area contributed by atoms with Crippen LogP contribution in [0.3, 0.4) is 0 Å². The van der Waals surface area contributed by atoms with Crippen LogP contribution in [0, 0.1) is 0 Å². The van der Waals surface area contributed by atoms with Gasteiger partial charge in [0.05, 0.1) is 12.2 Å². The Balaban J connectivity index is 2.21. The molecule has 2 N–H and O–H groups in total. The van der Waals surface area contributed by atoms with Crippen LogP contribution >= 0.6 is 0 Å². The molecule has 0 radical (unpaired) electrons. The van der Waals surface area contributed by atoms with E-state index in [-0.39, 0.29) is 0 Å². The van der Waals surface area contributed by atoms with Crippen molar-refractivity contribution in [2.75, 3.05) is 33.2 Å². The molecule has 0 saturated carbocycles. The molecule has 0 amide bonds. The van der Waals surface area contributed by atoms with Gasteiger partial charge in [0, 0.05) is 19.8 Å². The van der Waals surface area contributed by atoms with Gasteiger partial charge in [-0.25, -0.2) is 0 Å². The Bertz CT molecular complexity index is 399. The van der Waals surface area contributed by atoms with Crippen molar-refractivity contribution < 1.29 is 0 Å². The fourth-order valence-electron chi connectivity index (χ4n) is 2.37. The summed E-state index contributed by atoms with van der Waals surface area (Å²) in [5.74, 6) is 0.836. The maximum Gasteiger partial charge on any atom is 0.191 e. The molecule has 1 rings (SSSR count). The molecule has 1 aromatic rings. The maximum absolute atomic E-state index is 4.29. The van der Waals surface area contributed by atoms with Crippen molar-refractivity contribution in [3.63, 3.8) is 0 Å². The number of hydrogen-bond acceptors (Lipinski definition) is 3. The van der Waals surface area contributed by atoms with E-state index in [0.717, 1.165) is 31.2 Å². The van der Waals surface area contributed by atoms with E-state index in [1.54, 1.807) is 7.05 Å². The maximum atomic E-state index is 4.29. The Kier molecular flexibility index (Phi) is 10.0. The topological polar surface area (TPSA) is 52.5 Å². The highest BCUT2D eigenvalue weighted by Crippen LogP contribution is 1.96. The molecule has 0 aromatic carbocycles. The number of aromatic nitrogens is 1. The van der Waals surface area contributed by atoms with E-state index in [2.05, 4.69) is 39.4 Å². The van der Waals surface area contributed by atoms with Gasteiger partial charge in [-0.3, -0.25) is 9.98 Å². The molecular weight excluding hydrogens is 274 g/mol. The third-order valence-corrected chi connectivity index (χ3v) is 3.41. The minimum atomic E-state index is 0.693. The minimum Gasteiger partial charge on any atom is -0.356 e. The molecule has 22 heavy (non-hydrogen) atoms. The molecule has 0 bridgehead atoms. The predicted molar refractivity (Wildman–Crippen MR) is 94.1 cm³/mol. The van der Waals surface area contributed by atoms with Gasteiger partial charge in [-0.15, -0.1) is 0 Å². The fraction of sp³-hybridized carbons (Fsp3) is 0.647. The van der Waals surface area contributed by atoms with E-state index in [1.165, 1.54) is 25.9 Å². The fourth-order valence-corrected chi connectivity index (χ4v) is 2.37. The summed E-state index contributed by atoms with van der Waals surface area (Å²) in [7, 11) is 1.80. The van der Waals surface area contributed by atoms with Crippen LogP contribution in [0.2, 0.25) is 0 Å². The SMILES string of the molecule is CCCN(CCC)CCCNC(=NC)NCc1ccccn1. The van der Waals surface area contributed by atoms with Gasteiger partial charge in [0.2, 0.25) is 0 Å². The molecule has 5 heteroatoms. The van der Waals surface area contributed by atoms with Crippen molar-refractivity contribution >= 4 is 5.96 Å². The Morgan fingerprint density at radius 3 is 2.50 bits per heavy atom. The van der Waals surface area contributed by atoms with E-state index < -0.39 is 0 Å². The molecule has 124 valence electrons. The molecule has 0 aliphatic rings. The van der Waals surface area contributed by atoms with Crippen molar-refractivity contribution in [3.05, 3.63) is 30.1 Å². The van der Waals surface area contributed by atoms with Gasteiger partial charge in [-0.2, -0.15) is 0 Å². The first-order valence-corrected chi connectivity index (χ1v) is 8.36. The van der Waals surface area contributed by atoms with E-state index in [1.807, 2.05) is 24.4 Å². The number of aliphatic imine (C=N–C) groups is 1. The van der Waals surface area contributed by atoms with Crippen LogP contribution in [0.4, 0.5) is 0 Å². The molecule has 0 spiro atoms. The van der Waals surface area contributed by atoms with Crippen LogP contribution in [0.1, 0.15) is 38.8 Å². The third-order valence-electron chi connectivity index (χ3n) is 3.41. The van der Waals surface area contributed by atoms with Gasteiger partial charge in [0.1, 0.15) is 0 Å². The van der Waals surface area contributed by atoms with Crippen molar-refractivity contribution in [1.29, 1.82) is 0 Å². The first-order valence-electron chi connectivity index (χ1n) is 8.36. The van der Waals surface area contributed by atoms with Gasteiger partial charge in [-0.05, 0) is 51.0 Å². The highest BCUT2D eigenvalue weighted by molar-refractivity contribution is 5.79. The number of rotatable bonds is 10. The molecule has 0 aliphatic carbocycles. The third kappa shape index (κ3) is 7.98.